The lowest BCUT2D eigenvalue weighted by Crippen LogP contribution is -2.47. The number of carbonyl (C=O) groups excluding carboxylic acids is 2. The Morgan fingerprint density at radius 1 is 1.33 bits per heavy atom. The van der Waals surface area contributed by atoms with Crippen LogP contribution in [0, 0.1) is 11.8 Å². The summed E-state index contributed by atoms with van der Waals surface area (Å²) in [6.07, 6.45) is 1.77. The highest BCUT2D eigenvalue weighted by molar-refractivity contribution is 5.85. The molecule has 1 aliphatic rings. The Balaban J connectivity index is 0.00000529. The first-order valence-corrected chi connectivity index (χ1v) is 8.11. The molecule has 4 N–H and O–H groups in total. The van der Waals surface area contributed by atoms with E-state index in [0.717, 1.165) is 12.8 Å². The minimum Gasteiger partial charge on any atom is -0.350 e. The lowest BCUT2D eigenvalue weighted by atomic mass is 9.94. The number of hydrogen-bond donors (Lipinski definition) is 3. The van der Waals surface area contributed by atoms with Crippen molar-refractivity contribution in [2.75, 3.05) is 32.7 Å². The van der Waals surface area contributed by atoms with Crippen LogP contribution in [0.25, 0.3) is 0 Å². The molecule has 1 atom stereocenters. The predicted molar refractivity (Wildman–Crippen MR) is 91.4 cm³/mol. The second-order valence-electron chi connectivity index (χ2n) is 6.58. The smallest absolute Gasteiger partial charge is 0.317 e. The van der Waals surface area contributed by atoms with Crippen molar-refractivity contribution in [3.05, 3.63) is 0 Å². The number of piperidine rings is 1. The summed E-state index contributed by atoms with van der Waals surface area (Å²) < 4.78 is 26.0. The fourth-order valence-electron chi connectivity index (χ4n) is 2.45. The van der Waals surface area contributed by atoms with Gasteiger partial charge in [0.2, 0.25) is 5.91 Å². The van der Waals surface area contributed by atoms with Crippen LogP contribution >= 0.6 is 12.4 Å². The molecular weight excluding hydrogens is 342 g/mol. The van der Waals surface area contributed by atoms with Gasteiger partial charge in [0, 0.05) is 26.1 Å². The van der Waals surface area contributed by atoms with Gasteiger partial charge >= 0.3 is 6.03 Å². The summed E-state index contributed by atoms with van der Waals surface area (Å²) in [5, 5.41) is 5.07. The van der Waals surface area contributed by atoms with Crippen LogP contribution in [0.1, 0.15) is 33.1 Å². The maximum atomic E-state index is 13.0. The summed E-state index contributed by atoms with van der Waals surface area (Å²) in [6.45, 7) is 4.24. The lowest BCUT2D eigenvalue weighted by molar-refractivity contribution is -0.124. The van der Waals surface area contributed by atoms with E-state index in [2.05, 4.69) is 10.6 Å². The topological polar surface area (TPSA) is 87.5 Å². The van der Waals surface area contributed by atoms with E-state index in [-0.39, 0.29) is 30.8 Å². The largest absolute Gasteiger partial charge is 0.350 e. The molecule has 1 saturated heterocycles. The van der Waals surface area contributed by atoms with Crippen molar-refractivity contribution < 1.29 is 18.4 Å². The Labute approximate surface area is 148 Å². The van der Waals surface area contributed by atoms with E-state index in [9.17, 15) is 18.4 Å². The van der Waals surface area contributed by atoms with Gasteiger partial charge in [0.15, 0.2) is 0 Å². The molecule has 0 aliphatic carbocycles. The van der Waals surface area contributed by atoms with Gasteiger partial charge in [-0.3, -0.25) is 4.79 Å². The van der Waals surface area contributed by atoms with Crippen molar-refractivity contribution in [3.63, 3.8) is 0 Å². The van der Waals surface area contributed by atoms with Crippen molar-refractivity contribution in [3.8, 4) is 0 Å². The Morgan fingerprint density at radius 2 is 2.00 bits per heavy atom. The summed E-state index contributed by atoms with van der Waals surface area (Å²) >= 11 is 0. The predicted octanol–water partition coefficient (Wildman–Crippen LogP) is 1.59. The molecule has 9 heteroatoms. The standard InChI is InChI=1S/C15H28F2N4O2.ClH/c1-11(2)7-19-14(23)21-5-3-4-12(8-21)6-13(22)20-10-15(16,17)9-18;/h11-12H,3-10,18H2,1-2H3,(H,19,23)(H,20,22);1H. The number of likely N-dealkylation sites (tertiary alicyclic amines) is 1. The third kappa shape index (κ3) is 8.63. The summed E-state index contributed by atoms with van der Waals surface area (Å²) in [5.74, 6) is -3.13. The molecule has 0 spiro atoms. The number of halogens is 3. The Morgan fingerprint density at radius 3 is 2.58 bits per heavy atom. The first-order valence-electron chi connectivity index (χ1n) is 8.11. The number of nitrogens with two attached hydrogens (primary N) is 1. The van der Waals surface area contributed by atoms with E-state index in [1.165, 1.54) is 0 Å². The number of hydrogen-bond acceptors (Lipinski definition) is 3. The second-order valence-corrected chi connectivity index (χ2v) is 6.58. The number of nitrogens with one attached hydrogen (secondary N) is 2. The third-order valence-corrected chi connectivity index (χ3v) is 3.78. The van der Waals surface area contributed by atoms with Gasteiger partial charge < -0.3 is 21.3 Å². The molecule has 1 fully saturated rings. The Bertz CT molecular complexity index is 411. The van der Waals surface area contributed by atoms with Crippen LogP contribution in [0.2, 0.25) is 0 Å². The lowest BCUT2D eigenvalue weighted by Gasteiger charge is -2.32. The molecule has 142 valence electrons. The number of nitrogens with zero attached hydrogens (tertiary/aromatic N) is 1. The number of rotatable bonds is 7. The molecule has 0 saturated carbocycles. The third-order valence-electron chi connectivity index (χ3n) is 3.78. The summed E-state index contributed by atoms with van der Waals surface area (Å²) in [5.41, 5.74) is 4.93. The van der Waals surface area contributed by atoms with Crippen molar-refractivity contribution in [1.29, 1.82) is 0 Å². The van der Waals surface area contributed by atoms with Crippen LogP contribution in [-0.2, 0) is 4.79 Å². The summed E-state index contributed by atoms with van der Waals surface area (Å²) in [7, 11) is 0. The fraction of sp³-hybridized carbons (Fsp3) is 0.867. The highest BCUT2D eigenvalue weighted by Crippen LogP contribution is 2.20. The zero-order valence-electron chi connectivity index (χ0n) is 14.3. The van der Waals surface area contributed by atoms with Crippen molar-refractivity contribution >= 4 is 24.3 Å². The highest BCUT2D eigenvalue weighted by atomic mass is 35.5. The van der Waals surface area contributed by atoms with Gasteiger partial charge in [0.1, 0.15) is 0 Å². The van der Waals surface area contributed by atoms with Crippen LogP contribution < -0.4 is 16.4 Å². The number of urea groups is 1. The van der Waals surface area contributed by atoms with Crippen LogP contribution in [-0.4, -0.2) is 55.5 Å². The average Bonchev–Trinajstić information content (AvgIpc) is 2.51. The molecule has 0 bridgehead atoms. The first kappa shape index (κ1) is 22.9. The van der Waals surface area contributed by atoms with Crippen LogP contribution in [0.5, 0.6) is 0 Å². The van der Waals surface area contributed by atoms with E-state index in [1.54, 1.807) is 4.90 Å². The molecule has 0 aromatic rings. The van der Waals surface area contributed by atoms with Crippen LogP contribution in [0.3, 0.4) is 0 Å². The molecule has 1 unspecified atom stereocenters. The number of carbonyl (C=O) groups is 2. The first-order chi connectivity index (χ1) is 10.7. The van der Waals surface area contributed by atoms with Crippen molar-refractivity contribution in [2.24, 2.45) is 17.6 Å². The second kappa shape index (κ2) is 10.7. The molecule has 1 aliphatic heterocycles. The maximum Gasteiger partial charge on any atom is 0.317 e. The van der Waals surface area contributed by atoms with E-state index >= 15 is 0 Å². The van der Waals surface area contributed by atoms with Gasteiger partial charge in [-0.1, -0.05) is 13.8 Å². The number of alkyl halides is 2. The van der Waals surface area contributed by atoms with E-state index in [0.29, 0.717) is 25.6 Å². The summed E-state index contributed by atoms with van der Waals surface area (Å²) in [6, 6.07) is -0.126. The van der Waals surface area contributed by atoms with Crippen LogP contribution in [0.15, 0.2) is 0 Å². The zero-order chi connectivity index (χ0) is 17.5. The van der Waals surface area contributed by atoms with Crippen molar-refractivity contribution in [1.82, 2.24) is 15.5 Å². The van der Waals surface area contributed by atoms with Gasteiger partial charge in [-0.25, -0.2) is 13.6 Å². The zero-order valence-corrected chi connectivity index (χ0v) is 15.1. The molecule has 24 heavy (non-hydrogen) atoms. The molecule has 3 amide bonds. The van der Waals surface area contributed by atoms with Crippen molar-refractivity contribution in [2.45, 2.75) is 39.0 Å². The van der Waals surface area contributed by atoms with Gasteiger partial charge in [0.25, 0.3) is 5.92 Å². The van der Waals surface area contributed by atoms with Gasteiger partial charge in [-0.2, -0.15) is 0 Å². The molecule has 1 heterocycles. The molecule has 0 aromatic heterocycles. The average molecular weight is 371 g/mol. The van der Waals surface area contributed by atoms with E-state index in [1.807, 2.05) is 13.8 Å². The van der Waals surface area contributed by atoms with Crippen LogP contribution in [0.4, 0.5) is 13.6 Å². The van der Waals surface area contributed by atoms with E-state index < -0.39 is 24.9 Å². The molecule has 6 nitrogen and oxygen atoms in total. The Hall–Kier alpha value is -1.15. The monoisotopic (exact) mass is 370 g/mol. The minimum absolute atomic E-state index is 0. The number of amides is 3. The fourth-order valence-corrected chi connectivity index (χ4v) is 2.45. The van der Waals surface area contributed by atoms with Gasteiger partial charge in [-0.05, 0) is 24.7 Å². The van der Waals surface area contributed by atoms with Gasteiger partial charge in [-0.15, -0.1) is 12.4 Å². The maximum absolute atomic E-state index is 13.0. The molecular formula is C15H29ClF2N4O2. The Kier molecular flexibility index (Phi) is 10.1. The molecule has 0 radical (unpaired) electrons. The van der Waals surface area contributed by atoms with Gasteiger partial charge in [0.05, 0.1) is 13.1 Å². The quantitative estimate of drug-likeness (QED) is 0.636. The summed E-state index contributed by atoms with van der Waals surface area (Å²) in [4.78, 5) is 25.5. The normalized spacial score (nSPS) is 18.1. The molecule has 0 aromatic carbocycles. The highest BCUT2D eigenvalue weighted by Gasteiger charge is 2.29. The molecule has 1 rings (SSSR count). The van der Waals surface area contributed by atoms with E-state index in [4.69, 9.17) is 5.73 Å². The minimum atomic E-state index is -3.08. The SMILES string of the molecule is CC(C)CNC(=O)N1CCCC(CC(=O)NCC(F)(F)CN)C1.Cl.